The van der Waals surface area contributed by atoms with E-state index in [1.54, 1.807) is 18.2 Å². The lowest BCUT2D eigenvalue weighted by Gasteiger charge is -2.22. The van der Waals surface area contributed by atoms with Crippen LogP contribution >= 0.6 is 0 Å². The Bertz CT molecular complexity index is 2240. The lowest BCUT2D eigenvalue weighted by atomic mass is 9.94. The molecule has 0 unspecified atom stereocenters. The van der Waals surface area contributed by atoms with Gasteiger partial charge < -0.3 is 15.7 Å². The molecule has 1 aliphatic heterocycles. The highest BCUT2D eigenvalue weighted by atomic mass is 19.4. The average Bonchev–Trinajstić information content (AvgIpc) is 3.27. The van der Waals surface area contributed by atoms with Gasteiger partial charge in [0.25, 0.3) is 11.8 Å². The van der Waals surface area contributed by atoms with Crippen molar-refractivity contribution in [3.63, 3.8) is 0 Å². The number of hydrogen-bond donors (Lipinski definition) is 3. The number of benzene rings is 2. The number of amides is 2. The second-order valence-electron chi connectivity index (χ2n) is 13.4. The third-order valence-electron chi connectivity index (χ3n) is 9.02. The molecule has 1 saturated carbocycles. The lowest BCUT2D eigenvalue weighted by molar-refractivity contribution is -0.142. The van der Waals surface area contributed by atoms with Gasteiger partial charge in [-0.05, 0) is 61.1 Å². The van der Waals surface area contributed by atoms with Crippen LogP contribution in [0.3, 0.4) is 0 Å². The van der Waals surface area contributed by atoms with Gasteiger partial charge in [-0.15, -0.1) is 0 Å². The summed E-state index contributed by atoms with van der Waals surface area (Å²) in [6.45, 7) is 5.50. The topological polar surface area (TPSA) is 122 Å². The minimum Gasteiger partial charge on any atom is -0.378 e. The van der Waals surface area contributed by atoms with Gasteiger partial charge in [0.15, 0.2) is 5.69 Å². The molecule has 3 aliphatic rings. The summed E-state index contributed by atoms with van der Waals surface area (Å²) in [5.74, 6) is -4.88. The molecular formula is C36H27F7N6O3. The molecule has 0 bridgehead atoms. The van der Waals surface area contributed by atoms with Gasteiger partial charge in [-0.1, -0.05) is 30.2 Å². The van der Waals surface area contributed by atoms with Crippen molar-refractivity contribution < 1.29 is 45.4 Å². The second kappa shape index (κ2) is 12.0. The number of alkyl halides is 5. The maximum absolute atomic E-state index is 15.4. The van der Waals surface area contributed by atoms with Gasteiger partial charge >= 0.3 is 6.18 Å². The van der Waals surface area contributed by atoms with E-state index in [4.69, 9.17) is 0 Å². The Morgan fingerprint density at radius 3 is 2.54 bits per heavy atom. The molecule has 2 aromatic heterocycles. The van der Waals surface area contributed by atoms with Gasteiger partial charge in [0.1, 0.15) is 29.5 Å². The van der Waals surface area contributed by atoms with E-state index in [0.717, 1.165) is 12.1 Å². The van der Waals surface area contributed by atoms with Crippen LogP contribution in [0.1, 0.15) is 75.8 Å². The molecule has 0 saturated heterocycles. The minimum absolute atomic E-state index is 0.00373. The molecule has 16 heteroatoms. The van der Waals surface area contributed by atoms with Crippen molar-refractivity contribution in [3.8, 4) is 23.0 Å². The quantitative estimate of drug-likeness (QED) is 0.132. The Morgan fingerprint density at radius 2 is 1.87 bits per heavy atom. The molecule has 4 aromatic rings. The third kappa shape index (κ3) is 6.29. The third-order valence-corrected chi connectivity index (χ3v) is 9.02. The highest BCUT2D eigenvalue weighted by Gasteiger charge is 2.71. The van der Waals surface area contributed by atoms with Crippen LogP contribution in [0, 0.1) is 29.4 Å². The number of nitrogens with zero attached hydrogens (tertiary/aromatic N) is 4. The molecule has 3 heterocycles. The molecule has 52 heavy (non-hydrogen) atoms. The van der Waals surface area contributed by atoms with E-state index < -0.39 is 76.6 Å². The summed E-state index contributed by atoms with van der Waals surface area (Å²) in [7, 11) is 0. The number of aromatic nitrogens is 4. The summed E-state index contributed by atoms with van der Waals surface area (Å²) >= 11 is 0. The highest BCUT2D eigenvalue weighted by Crippen LogP contribution is 2.71. The van der Waals surface area contributed by atoms with E-state index in [-0.39, 0.29) is 47.1 Å². The first-order chi connectivity index (χ1) is 24.3. The summed E-state index contributed by atoms with van der Waals surface area (Å²) in [5, 5.41) is 18.9. The van der Waals surface area contributed by atoms with E-state index in [1.165, 1.54) is 20.0 Å². The number of rotatable bonds is 7. The van der Waals surface area contributed by atoms with Gasteiger partial charge in [0, 0.05) is 41.4 Å². The van der Waals surface area contributed by atoms with Gasteiger partial charge in [0.05, 0.1) is 17.7 Å². The zero-order valence-corrected chi connectivity index (χ0v) is 27.3. The molecule has 0 spiro atoms. The van der Waals surface area contributed by atoms with Crippen molar-refractivity contribution >= 4 is 11.8 Å². The van der Waals surface area contributed by atoms with Gasteiger partial charge in [0.2, 0.25) is 11.7 Å². The summed E-state index contributed by atoms with van der Waals surface area (Å²) in [4.78, 5) is 35.0. The molecule has 0 radical (unpaired) electrons. The van der Waals surface area contributed by atoms with Gasteiger partial charge in [-0.3, -0.25) is 14.3 Å². The largest absolute Gasteiger partial charge is 0.435 e. The number of allylic oxidation sites excluding steroid dienone is 1. The van der Waals surface area contributed by atoms with E-state index in [9.17, 15) is 36.6 Å². The monoisotopic (exact) mass is 724 g/mol. The van der Waals surface area contributed by atoms with E-state index in [1.807, 2.05) is 0 Å². The van der Waals surface area contributed by atoms with Crippen molar-refractivity contribution in [1.29, 1.82) is 0 Å². The Morgan fingerprint density at radius 1 is 1.15 bits per heavy atom. The summed E-state index contributed by atoms with van der Waals surface area (Å²) in [5.41, 5.74) is -3.16. The zero-order valence-electron chi connectivity index (χ0n) is 27.3. The van der Waals surface area contributed by atoms with Crippen molar-refractivity contribution in [1.82, 2.24) is 30.4 Å². The zero-order chi connectivity index (χ0) is 37.5. The molecular weight excluding hydrogens is 697 g/mol. The minimum atomic E-state index is -5.10. The maximum atomic E-state index is 15.4. The van der Waals surface area contributed by atoms with Gasteiger partial charge in [-0.2, -0.15) is 27.1 Å². The predicted octanol–water partition coefficient (Wildman–Crippen LogP) is 5.48. The molecule has 268 valence electrons. The molecule has 2 aliphatic carbocycles. The Hall–Kier alpha value is -5.56. The molecule has 3 N–H and O–H groups in total. The van der Waals surface area contributed by atoms with Crippen LogP contribution in [0.15, 0.2) is 54.7 Å². The highest BCUT2D eigenvalue weighted by molar-refractivity contribution is 5.99. The summed E-state index contributed by atoms with van der Waals surface area (Å²) in [6, 6.07) is 6.16. The second-order valence-corrected chi connectivity index (χ2v) is 13.4. The lowest BCUT2D eigenvalue weighted by Crippen LogP contribution is -2.35. The van der Waals surface area contributed by atoms with Crippen LogP contribution < -0.4 is 10.6 Å². The SMILES string of the molecule is C=C1[C@@H]2c3c(C(F)(F)F)nn(CC(=O)N[C@@H](Cc4cc(F)cc(F)c4)c4nc(C#CC(C)(C)O)ncc4-c4ccc5c(c4)C(=O)NC5)c3C(F)(F)[C@H]12. The smallest absolute Gasteiger partial charge is 0.378 e. The van der Waals surface area contributed by atoms with Crippen LogP contribution in [0.2, 0.25) is 0 Å². The van der Waals surface area contributed by atoms with Crippen LogP contribution in [0.4, 0.5) is 30.7 Å². The molecule has 3 atom stereocenters. The van der Waals surface area contributed by atoms with E-state index in [2.05, 4.69) is 44.1 Å². The van der Waals surface area contributed by atoms with E-state index in [0.29, 0.717) is 27.4 Å². The average molecular weight is 725 g/mol. The molecule has 9 nitrogen and oxygen atoms in total. The number of nitrogens with one attached hydrogen (secondary N) is 2. The number of carbonyl (C=O) groups is 2. The van der Waals surface area contributed by atoms with Crippen LogP contribution in [0.25, 0.3) is 11.1 Å². The fraction of sp³-hybridized carbons (Fsp3) is 0.306. The fourth-order valence-corrected chi connectivity index (χ4v) is 6.79. The number of halogens is 7. The molecule has 2 amide bonds. The standard InChI is InChI=1S/C36H27F7N6O3/c1-16-27-28-31(36(41,42)43)48-49(32(28)35(39,40)29(16)27)15-26(50)46-24(10-17-8-20(37)12-21(38)9-17)30-23(14-44-25(47-30)6-7-34(2,3)52)18-4-5-19-13-45-33(51)22(19)11-18/h4-5,8-9,11-12,14,24,27,29,52H,1,10,13,15H2,2-3H3,(H,45,51)(H,46,50)/t24-,27+,29+/m0/s1. The number of hydrogen-bond acceptors (Lipinski definition) is 6. The first-order valence-corrected chi connectivity index (χ1v) is 15.8. The predicted molar refractivity (Wildman–Crippen MR) is 169 cm³/mol. The molecule has 2 aromatic carbocycles. The summed E-state index contributed by atoms with van der Waals surface area (Å²) in [6.07, 6.45) is -4.14. The van der Waals surface area contributed by atoms with Crippen molar-refractivity contribution in [3.05, 3.63) is 112 Å². The Labute approximate surface area is 291 Å². The van der Waals surface area contributed by atoms with Crippen LogP contribution in [0.5, 0.6) is 0 Å². The molecule has 7 rings (SSSR count). The fourth-order valence-electron chi connectivity index (χ4n) is 6.79. The van der Waals surface area contributed by atoms with Crippen LogP contribution in [-0.2, 0) is 36.4 Å². The Balaban J connectivity index is 1.33. The number of carbonyl (C=O) groups excluding carboxylic acids is 2. The first kappa shape index (κ1) is 34.9. The summed E-state index contributed by atoms with van der Waals surface area (Å²) < 4.78 is 102. The maximum Gasteiger partial charge on any atom is 0.435 e. The van der Waals surface area contributed by atoms with Crippen molar-refractivity contribution in [2.45, 2.75) is 63.0 Å². The van der Waals surface area contributed by atoms with Crippen molar-refractivity contribution in [2.24, 2.45) is 5.92 Å². The number of fused-ring (bicyclic) bond motifs is 4. The Kier molecular flexibility index (Phi) is 8.05. The number of aliphatic hydroxyl groups is 1. The van der Waals surface area contributed by atoms with Gasteiger partial charge in [-0.25, -0.2) is 18.7 Å². The normalized spacial score (nSPS) is 18.9. The van der Waals surface area contributed by atoms with Crippen molar-refractivity contribution in [2.75, 3.05) is 0 Å². The van der Waals surface area contributed by atoms with Crippen LogP contribution in [-0.4, -0.2) is 42.3 Å². The first-order valence-electron chi connectivity index (χ1n) is 15.8. The van der Waals surface area contributed by atoms with E-state index >= 15 is 8.78 Å². The molecule has 1 fully saturated rings.